The molecule has 27 heavy (non-hydrogen) atoms. The van der Waals surface area contributed by atoms with E-state index in [1.54, 1.807) is 12.1 Å². The van der Waals surface area contributed by atoms with E-state index >= 15 is 0 Å². The van der Waals surface area contributed by atoms with E-state index in [0.717, 1.165) is 12.1 Å². The molecule has 2 aromatic rings. The van der Waals surface area contributed by atoms with Crippen molar-refractivity contribution < 1.29 is 26.3 Å². The van der Waals surface area contributed by atoms with Crippen LogP contribution in [0.3, 0.4) is 0 Å². The second-order valence-electron chi connectivity index (χ2n) is 6.83. The molecule has 0 spiro atoms. The molecule has 4 rings (SSSR count). The van der Waals surface area contributed by atoms with Gasteiger partial charge in [0.1, 0.15) is 0 Å². The monoisotopic (exact) mass is 383 g/mol. The molecule has 0 saturated carbocycles. The van der Waals surface area contributed by atoms with Crippen LogP contribution in [-0.2, 0) is 12.4 Å². The molecule has 0 amide bonds. The van der Waals surface area contributed by atoms with E-state index in [1.165, 1.54) is 24.3 Å². The normalized spacial score (nSPS) is 24.3. The van der Waals surface area contributed by atoms with Crippen LogP contribution in [0.2, 0.25) is 0 Å². The fourth-order valence-electron chi connectivity index (χ4n) is 4.19. The van der Waals surface area contributed by atoms with Crippen molar-refractivity contribution in [2.24, 2.45) is 5.92 Å². The van der Waals surface area contributed by atoms with Gasteiger partial charge in [-0.15, -0.1) is 0 Å². The summed E-state index contributed by atoms with van der Waals surface area (Å²) in [6, 6.07) is 8.13. The summed E-state index contributed by atoms with van der Waals surface area (Å²) >= 11 is 0. The van der Waals surface area contributed by atoms with E-state index in [0.29, 0.717) is 12.0 Å². The van der Waals surface area contributed by atoms with Crippen LogP contribution in [0.5, 0.6) is 0 Å². The lowest BCUT2D eigenvalue weighted by Crippen LogP contribution is -2.32. The Balaban J connectivity index is 1.88. The summed E-state index contributed by atoms with van der Waals surface area (Å²) in [5.41, 5.74) is -1.34. The Kier molecular flexibility index (Phi) is 4.01. The standard InChI is InChI=1S/C20H15F6N/c21-19(22,23)15-9-2-1-5-14(15)17-12-7-3-6-11(12)13-8-4-10-16(18(13)27-17)20(24,25)26/h1-6,8-12,17,27H,7H2/t11-,12+,17+/m0/s1. The molecule has 1 heterocycles. The van der Waals surface area contributed by atoms with Gasteiger partial charge in [0, 0.05) is 5.92 Å². The molecular formula is C20H15F6N. The molecule has 0 fully saturated rings. The number of nitrogens with one attached hydrogen (secondary N) is 1. The Morgan fingerprint density at radius 1 is 0.778 bits per heavy atom. The summed E-state index contributed by atoms with van der Waals surface area (Å²) in [6.45, 7) is 0. The molecule has 1 nitrogen and oxygen atoms in total. The highest BCUT2D eigenvalue weighted by Crippen LogP contribution is 2.53. The van der Waals surface area contributed by atoms with Crippen LogP contribution in [-0.4, -0.2) is 0 Å². The Hall–Kier alpha value is -2.44. The Morgan fingerprint density at radius 3 is 2.11 bits per heavy atom. The Bertz CT molecular complexity index is 896. The van der Waals surface area contributed by atoms with Crippen LogP contribution in [0.4, 0.5) is 32.0 Å². The van der Waals surface area contributed by atoms with Crippen LogP contribution in [0.1, 0.15) is 40.6 Å². The zero-order valence-electron chi connectivity index (χ0n) is 13.9. The number of rotatable bonds is 1. The number of halogens is 6. The number of fused-ring (bicyclic) bond motifs is 3. The van der Waals surface area contributed by atoms with E-state index < -0.39 is 29.5 Å². The average molecular weight is 383 g/mol. The number of benzene rings is 2. The van der Waals surface area contributed by atoms with Gasteiger partial charge in [-0.05, 0) is 35.6 Å². The summed E-state index contributed by atoms with van der Waals surface area (Å²) in [7, 11) is 0. The van der Waals surface area contributed by atoms with Crippen molar-refractivity contribution in [3.8, 4) is 0 Å². The van der Waals surface area contributed by atoms with Gasteiger partial charge in [-0.25, -0.2) is 0 Å². The first-order valence-corrected chi connectivity index (χ1v) is 8.47. The molecule has 0 aromatic heterocycles. The van der Waals surface area contributed by atoms with Crippen molar-refractivity contribution in [2.45, 2.75) is 30.7 Å². The van der Waals surface area contributed by atoms with Crippen molar-refractivity contribution in [1.82, 2.24) is 0 Å². The fourth-order valence-corrected chi connectivity index (χ4v) is 4.19. The highest BCUT2D eigenvalue weighted by molar-refractivity contribution is 5.65. The van der Waals surface area contributed by atoms with Crippen LogP contribution in [0.25, 0.3) is 0 Å². The first-order valence-electron chi connectivity index (χ1n) is 8.47. The molecule has 0 saturated heterocycles. The number of hydrogen-bond acceptors (Lipinski definition) is 1. The molecule has 3 atom stereocenters. The molecule has 1 N–H and O–H groups in total. The SMILES string of the molecule is FC(F)(F)c1ccccc1[C@@H]1Nc2c(cccc2C(F)(F)F)[C@H]2C=CC[C@H]21. The number of para-hydroxylation sites is 1. The molecule has 1 aliphatic heterocycles. The van der Waals surface area contributed by atoms with Gasteiger partial charge in [0.15, 0.2) is 0 Å². The van der Waals surface area contributed by atoms with Gasteiger partial charge in [0.25, 0.3) is 0 Å². The quantitative estimate of drug-likeness (QED) is 0.435. The van der Waals surface area contributed by atoms with Gasteiger partial charge in [0.05, 0.1) is 22.9 Å². The number of alkyl halides is 6. The summed E-state index contributed by atoms with van der Waals surface area (Å²) in [6.07, 6.45) is -5.04. The van der Waals surface area contributed by atoms with Crippen molar-refractivity contribution in [1.29, 1.82) is 0 Å². The smallest absolute Gasteiger partial charge is 0.377 e. The van der Waals surface area contributed by atoms with Crippen molar-refractivity contribution >= 4 is 5.69 Å². The third kappa shape index (κ3) is 2.99. The molecule has 7 heteroatoms. The van der Waals surface area contributed by atoms with Crippen LogP contribution >= 0.6 is 0 Å². The van der Waals surface area contributed by atoms with Crippen molar-refractivity contribution in [3.05, 3.63) is 76.9 Å². The minimum absolute atomic E-state index is 0.0219. The highest BCUT2D eigenvalue weighted by Gasteiger charge is 2.45. The molecule has 2 aromatic carbocycles. The number of anilines is 1. The minimum atomic E-state index is -4.60. The van der Waals surface area contributed by atoms with E-state index in [2.05, 4.69) is 5.32 Å². The minimum Gasteiger partial charge on any atom is -0.377 e. The number of allylic oxidation sites excluding steroid dienone is 2. The third-order valence-electron chi connectivity index (χ3n) is 5.30. The maximum Gasteiger partial charge on any atom is 0.418 e. The topological polar surface area (TPSA) is 12.0 Å². The van der Waals surface area contributed by atoms with E-state index in [-0.39, 0.29) is 23.1 Å². The van der Waals surface area contributed by atoms with Crippen LogP contribution < -0.4 is 5.32 Å². The maximum atomic E-state index is 13.5. The summed E-state index contributed by atoms with van der Waals surface area (Å²) < 4.78 is 80.9. The van der Waals surface area contributed by atoms with Crippen molar-refractivity contribution in [3.63, 3.8) is 0 Å². The average Bonchev–Trinajstić information content (AvgIpc) is 3.09. The maximum absolute atomic E-state index is 13.5. The van der Waals surface area contributed by atoms with Gasteiger partial charge in [-0.3, -0.25) is 0 Å². The lowest BCUT2D eigenvalue weighted by molar-refractivity contribution is -0.139. The van der Waals surface area contributed by atoms with Gasteiger partial charge in [-0.1, -0.05) is 42.5 Å². The molecule has 0 radical (unpaired) electrons. The predicted molar refractivity (Wildman–Crippen MR) is 89.2 cm³/mol. The zero-order valence-corrected chi connectivity index (χ0v) is 13.9. The first kappa shape index (κ1) is 17.9. The number of hydrogen-bond donors (Lipinski definition) is 1. The second-order valence-corrected chi connectivity index (χ2v) is 6.83. The largest absolute Gasteiger partial charge is 0.418 e. The Labute approximate surface area is 151 Å². The Morgan fingerprint density at radius 2 is 1.41 bits per heavy atom. The summed E-state index contributed by atoms with van der Waals surface area (Å²) in [5, 5.41) is 2.81. The molecule has 2 aliphatic rings. The van der Waals surface area contributed by atoms with Crippen molar-refractivity contribution in [2.75, 3.05) is 5.32 Å². The second kappa shape index (κ2) is 6.04. The van der Waals surface area contributed by atoms with Gasteiger partial charge in [-0.2, -0.15) is 26.3 Å². The van der Waals surface area contributed by atoms with E-state index in [1.807, 2.05) is 6.08 Å². The van der Waals surface area contributed by atoms with Crippen LogP contribution in [0, 0.1) is 5.92 Å². The van der Waals surface area contributed by atoms with Gasteiger partial charge >= 0.3 is 12.4 Å². The lowest BCUT2D eigenvalue weighted by atomic mass is 9.75. The molecule has 0 unspecified atom stereocenters. The first-order chi connectivity index (χ1) is 12.7. The van der Waals surface area contributed by atoms with Gasteiger partial charge in [0.2, 0.25) is 0 Å². The molecule has 142 valence electrons. The fraction of sp³-hybridized carbons (Fsp3) is 0.300. The third-order valence-corrected chi connectivity index (χ3v) is 5.30. The summed E-state index contributed by atoms with van der Waals surface area (Å²) in [5.74, 6) is -0.626. The zero-order chi connectivity index (χ0) is 19.4. The van der Waals surface area contributed by atoms with E-state index in [4.69, 9.17) is 0 Å². The predicted octanol–water partition coefficient (Wildman–Crippen LogP) is 6.55. The van der Waals surface area contributed by atoms with Gasteiger partial charge < -0.3 is 5.32 Å². The highest BCUT2D eigenvalue weighted by atomic mass is 19.4. The molecule has 1 aliphatic carbocycles. The molecular weight excluding hydrogens is 368 g/mol. The lowest BCUT2D eigenvalue weighted by Gasteiger charge is -2.39. The molecule has 0 bridgehead atoms. The summed E-state index contributed by atoms with van der Waals surface area (Å²) in [4.78, 5) is 0. The van der Waals surface area contributed by atoms with Crippen LogP contribution in [0.15, 0.2) is 54.6 Å². The van der Waals surface area contributed by atoms with E-state index in [9.17, 15) is 26.3 Å².